The minimum absolute atomic E-state index is 0.111. The van der Waals surface area contributed by atoms with Crippen LogP contribution < -0.4 is 14.8 Å². The lowest BCUT2D eigenvalue weighted by Crippen LogP contribution is -2.13. The van der Waals surface area contributed by atoms with E-state index in [0.717, 1.165) is 11.1 Å². The standard InChI is InChI=1S/C28H25BrN2O5/c1-4-35-28(33)20-8-10-23(11-9-20)31-27(32)22(16-30)13-21-14-25(34-3)26(15-24(21)29)36-17-19-7-5-6-18(2)12-19/h5-15H,4,17H2,1-3H3,(H,31,32)/b22-13+. The fraction of sp³-hybridized carbons (Fsp3) is 0.179. The van der Waals surface area contributed by atoms with Crippen molar-refractivity contribution in [2.24, 2.45) is 0 Å². The highest BCUT2D eigenvalue weighted by molar-refractivity contribution is 9.10. The Morgan fingerprint density at radius 3 is 2.47 bits per heavy atom. The quantitative estimate of drug-likeness (QED) is 0.198. The molecule has 3 aromatic rings. The second-order valence-corrected chi connectivity index (χ2v) is 8.58. The van der Waals surface area contributed by atoms with Crippen LogP contribution in [0.25, 0.3) is 6.08 Å². The summed E-state index contributed by atoms with van der Waals surface area (Å²) in [5.41, 5.74) is 3.43. The Balaban J connectivity index is 1.76. The van der Waals surface area contributed by atoms with Crippen molar-refractivity contribution in [3.63, 3.8) is 0 Å². The van der Waals surface area contributed by atoms with Crippen LogP contribution in [0.5, 0.6) is 11.5 Å². The second-order valence-electron chi connectivity index (χ2n) is 7.72. The highest BCUT2D eigenvalue weighted by Crippen LogP contribution is 2.35. The van der Waals surface area contributed by atoms with Gasteiger partial charge in [-0.25, -0.2) is 4.79 Å². The number of hydrogen-bond donors (Lipinski definition) is 1. The van der Waals surface area contributed by atoms with Crippen LogP contribution in [0.15, 0.2) is 70.7 Å². The average Bonchev–Trinajstić information content (AvgIpc) is 2.87. The Kier molecular flexibility index (Phi) is 9.25. The monoisotopic (exact) mass is 548 g/mol. The van der Waals surface area contributed by atoms with Crippen molar-refractivity contribution in [1.29, 1.82) is 5.26 Å². The van der Waals surface area contributed by atoms with Crippen LogP contribution in [0.1, 0.15) is 34.0 Å². The van der Waals surface area contributed by atoms with Crippen molar-refractivity contribution in [1.82, 2.24) is 0 Å². The molecular formula is C28H25BrN2O5. The van der Waals surface area contributed by atoms with Crippen LogP contribution in [0.2, 0.25) is 0 Å². The van der Waals surface area contributed by atoms with Gasteiger partial charge in [-0.3, -0.25) is 4.79 Å². The number of anilines is 1. The van der Waals surface area contributed by atoms with E-state index in [9.17, 15) is 14.9 Å². The van der Waals surface area contributed by atoms with E-state index in [1.54, 1.807) is 43.3 Å². The van der Waals surface area contributed by atoms with Crippen LogP contribution in [-0.4, -0.2) is 25.6 Å². The molecule has 0 bridgehead atoms. The smallest absolute Gasteiger partial charge is 0.338 e. The van der Waals surface area contributed by atoms with E-state index in [1.165, 1.54) is 13.2 Å². The summed E-state index contributed by atoms with van der Waals surface area (Å²) < 4.78 is 17.0. The average molecular weight is 549 g/mol. The molecule has 0 saturated carbocycles. The van der Waals surface area contributed by atoms with Crippen molar-refractivity contribution in [3.8, 4) is 17.6 Å². The van der Waals surface area contributed by atoms with E-state index in [2.05, 4.69) is 21.2 Å². The largest absolute Gasteiger partial charge is 0.493 e. The number of carbonyl (C=O) groups is 2. The number of ether oxygens (including phenoxy) is 3. The second kappa shape index (κ2) is 12.6. The van der Waals surface area contributed by atoms with Gasteiger partial charge in [0.05, 0.1) is 19.3 Å². The van der Waals surface area contributed by atoms with Gasteiger partial charge in [-0.05, 0) is 67.4 Å². The molecule has 0 unspecified atom stereocenters. The molecular weight excluding hydrogens is 524 g/mol. The first-order valence-corrected chi connectivity index (χ1v) is 11.9. The third-order valence-corrected chi connectivity index (χ3v) is 5.77. The number of nitriles is 1. The van der Waals surface area contributed by atoms with Crippen molar-refractivity contribution >= 4 is 39.6 Å². The predicted octanol–water partition coefficient (Wildman–Crippen LogP) is 6.07. The van der Waals surface area contributed by atoms with Gasteiger partial charge in [0, 0.05) is 10.2 Å². The van der Waals surface area contributed by atoms with Gasteiger partial charge in [-0.2, -0.15) is 5.26 Å². The summed E-state index contributed by atoms with van der Waals surface area (Å²) in [6.07, 6.45) is 1.46. The molecule has 0 aliphatic carbocycles. The van der Waals surface area contributed by atoms with E-state index >= 15 is 0 Å². The maximum Gasteiger partial charge on any atom is 0.338 e. The van der Waals surface area contributed by atoms with E-state index in [-0.39, 0.29) is 12.2 Å². The van der Waals surface area contributed by atoms with Gasteiger partial charge in [0.1, 0.15) is 18.2 Å². The van der Waals surface area contributed by atoms with Gasteiger partial charge < -0.3 is 19.5 Å². The zero-order valence-electron chi connectivity index (χ0n) is 20.1. The van der Waals surface area contributed by atoms with Crippen molar-refractivity contribution in [2.45, 2.75) is 20.5 Å². The van der Waals surface area contributed by atoms with E-state index in [0.29, 0.717) is 39.4 Å². The van der Waals surface area contributed by atoms with Crippen molar-refractivity contribution in [2.75, 3.05) is 19.0 Å². The van der Waals surface area contributed by atoms with Crippen molar-refractivity contribution in [3.05, 3.63) is 93.0 Å². The summed E-state index contributed by atoms with van der Waals surface area (Å²) in [6.45, 7) is 4.37. The molecule has 1 amide bonds. The Hall–Kier alpha value is -4.09. The molecule has 0 fully saturated rings. The van der Waals surface area contributed by atoms with Crippen LogP contribution in [0.3, 0.4) is 0 Å². The molecule has 3 aromatic carbocycles. The number of nitrogens with one attached hydrogen (secondary N) is 1. The molecule has 3 rings (SSSR count). The lowest BCUT2D eigenvalue weighted by molar-refractivity contribution is -0.112. The fourth-order valence-electron chi connectivity index (χ4n) is 3.30. The molecule has 36 heavy (non-hydrogen) atoms. The van der Waals surface area contributed by atoms with Gasteiger partial charge in [0.25, 0.3) is 5.91 Å². The summed E-state index contributed by atoms with van der Waals surface area (Å²) in [5.74, 6) is -0.0536. The third kappa shape index (κ3) is 6.96. The Morgan fingerprint density at radius 2 is 1.83 bits per heavy atom. The summed E-state index contributed by atoms with van der Waals surface area (Å²) in [7, 11) is 1.52. The molecule has 1 N–H and O–H groups in total. The number of amides is 1. The topological polar surface area (TPSA) is 97.7 Å². The zero-order valence-corrected chi connectivity index (χ0v) is 21.7. The maximum atomic E-state index is 12.7. The zero-order chi connectivity index (χ0) is 26.1. The van der Waals surface area contributed by atoms with Gasteiger partial charge in [-0.1, -0.05) is 45.8 Å². The first-order valence-electron chi connectivity index (χ1n) is 11.1. The minimum Gasteiger partial charge on any atom is -0.493 e. The SMILES string of the molecule is CCOC(=O)c1ccc(NC(=O)/C(C#N)=C/c2cc(OC)c(OCc3cccc(C)c3)cc2Br)cc1. The maximum absolute atomic E-state index is 12.7. The third-order valence-electron chi connectivity index (χ3n) is 5.08. The Bertz CT molecular complexity index is 1330. The molecule has 0 aromatic heterocycles. The molecule has 0 heterocycles. The summed E-state index contributed by atoms with van der Waals surface area (Å²) in [5, 5.41) is 12.3. The Morgan fingerprint density at radius 1 is 1.08 bits per heavy atom. The van der Waals surface area contributed by atoms with Crippen LogP contribution in [0.4, 0.5) is 5.69 Å². The number of nitrogens with zero attached hydrogens (tertiary/aromatic N) is 1. The minimum atomic E-state index is -0.591. The molecule has 184 valence electrons. The number of benzene rings is 3. The normalized spacial score (nSPS) is 10.8. The molecule has 7 nitrogen and oxygen atoms in total. The van der Waals surface area contributed by atoms with Gasteiger partial charge in [0.2, 0.25) is 0 Å². The van der Waals surface area contributed by atoms with E-state index in [1.807, 2.05) is 37.3 Å². The highest BCUT2D eigenvalue weighted by atomic mass is 79.9. The molecule has 0 aliphatic heterocycles. The van der Waals surface area contributed by atoms with Gasteiger partial charge in [-0.15, -0.1) is 0 Å². The number of methoxy groups -OCH3 is 1. The van der Waals surface area contributed by atoms with Crippen LogP contribution in [-0.2, 0) is 16.1 Å². The number of carbonyl (C=O) groups excluding carboxylic acids is 2. The van der Waals surface area contributed by atoms with Gasteiger partial charge in [0.15, 0.2) is 11.5 Å². The highest BCUT2D eigenvalue weighted by Gasteiger charge is 2.15. The number of aryl methyl sites for hydroxylation is 1. The summed E-state index contributed by atoms with van der Waals surface area (Å²) in [4.78, 5) is 24.5. The first kappa shape index (κ1) is 26.5. The van der Waals surface area contributed by atoms with Crippen LogP contribution in [0, 0.1) is 18.3 Å². The molecule has 0 radical (unpaired) electrons. The molecule has 0 saturated heterocycles. The molecule has 0 atom stereocenters. The lowest BCUT2D eigenvalue weighted by Gasteiger charge is -2.13. The molecule has 0 spiro atoms. The van der Waals surface area contributed by atoms with Crippen LogP contribution >= 0.6 is 15.9 Å². The Labute approximate surface area is 218 Å². The predicted molar refractivity (Wildman–Crippen MR) is 141 cm³/mol. The molecule has 8 heteroatoms. The first-order chi connectivity index (χ1) is 17.3. The number of halogens is 1. The summed E-state index contributed by atoms with van der Waals surface area (Å²) in [6, 6.07) is 19.6. The van der Waals surface area contributed by atoms with Gasteiger partial charge >= 0.3 is 5.97 Å². The summed E-state index contributed by atoms with van der Waals surface area (Å²) >= 11 is 3.49. The lowest BCUT2D eigenvalue weighted by atomic mass is 10.1. The van der Waals surface area contributed by atoms with Crippen molar-refractivity contribution < 1.29 is 23.8 Å². The number of rotatable bonds is 9. The van der Waals surface area contributed by atoms with E-state index < -0.39 is 11.9 Å². The van der Waals surface area contributed by atoms with E-state index in [4.69, 9.17) is 14.2 Å². The number of hydrogen-bond acceptors (Lipinski definition) is 6. The fourth-order valence-corrected chi connectivity index (χ4v) is 3.74. The molecule has 0 aliphatic rings. The number of esters is 1.